The second kappa shape index (κ2) is 7.89. The second-order valence-electron chi connectivity index (χ2n) is 6.42. The van der Waals surface area contributed by atoms with Gasteiger partial charge in [-0.3, -0.25) is 9.59 Å². The third-order valence-electron chi connectivity index (χ3n) is 4.10. The molecular formula is C19H23N3O4S. The molecule has 27 heavy (non-hydrogen) atoms. The van der Waals surface area contributed by atoms with E-state index in [9.17, 15) is 18.0 Å². The van der Waals surface area contributed by atoms with Gasteiger partial charge in [-0.05, 0) is 61.4 Å². The molecule has 144 valence electrons. The van der Waals surface area contributed by atoms with Gasteiger partial charge in [0, 0.05) is 38.0 Å². The fourth-order valence-corrected chi connectivity index (χ4v) is 3.68. The summed E-state index contributed by atoms with van der Waals surface area (Å²) in [6.07, 6.45) is 0. The van der Waals surface area contributed by atoms with Gasteiger partial charge in [0.2, 0.25) is 15.9 Å². The quantitative estimate of drug-likeness (QED) is 0.822. The Hall–Kier alpha value is -2.71. The first-order chi connectivity index (χ1) is 12.5. The summed E-state index contributed by atoms with van der Waals surface area (Å²) in [6, 6.07) is 9.69. The lowest BCUT2D eigenvalue weighted by Crippen LogP contribution is -2.24. The molecule has 7 nitrogen and oxygen atoms in total. The van der Waals surface area contributed by atoms with E-state index in [1.165, 1.54) is 27.1 Å². The number of carbonyl (C=O) groups excluding carboxylic acids is 2. The Labute approximate surface area is 159 Å². The van der Waals surface area contributed by atoms with E-state index in [4.69, 9.17) is 0 Å². The van der Waals surface area contributed by atoms with E-state index in [0.717, 1.165) is 4.31 Å². The number of hydrogen-bond donors (Lipinski definition) is 2. The molecule has 0 fully saturated rings. The number of hydrogen-bond acceptors (Lipinski definition) is 4. The molecule has 0 aliphatic heterocycles. The predicted octanol–water partition coefficient (Wildman–Crippen LogP) is 2.76. The van der Waals surface area contributed by atoms with Gasteiger partial charge in [0.25, 0.3) is 5.91 Å². The normalized spacial score (nSPS) is 11.3. The van der Waals surface area contributed by atoms with Crippen LogP contribution in [0.2, 0.25) is 0 Å². The zero-order valence-corrected chi connectivity index (χ0v) is 16.8. The average Bonchev–Trinajstić information content (AvgIpc) is 2.58. The van der Waals surface area contributed by atoms with Crippen LogP contribution in [-0.2, 0) is 14.8 Å². The molecule has 0 saturated carbocycles. The molecule has 2 rings (SSSR count). The summed E-state index contributed by atoms with van der Waals surface area (Å²) in [7, 11) is -0.759. The Morgan fingerprint density at radius 1 is 0.926 bits per heavy atom. The van der Waals surface area contributed by atoms with Crippen molar-refractivity contribution < 1.29 is 18.0 Å². The average molecular weight is 389 g/mol. The van der Waals surface area contributed by atoms with Crippen LogP contribution in [0.1, 0.15) is 28.4 Å². The van der Waals surface area contributed by atoms with Crippen LogP contribution in [0.25, 0.3) is 0 Å². The monoisotopic (exact) mass is 389 g/mol. The Balaban J connectivity index is 2.31. The predicted molar refractivity (Wildman–Crippen MR) is 105 cm³/mol. The van der Waals surface area contributed by atoms with Gasteiger partial charge in [0.15, 0.2) is 0 Å². The topological polar surface area (TPSA) is 95.6 Å². The molecule has 2 amide bonds. The van der Waals surface area contributed by atoms with Crippen molar-refractivity contribution in [2.45, 2.75) is 25.7 Å². The molecule has 2 aromatic rings. The van der Waals surface area contributed by atoms with Gasteiger partial charge >= 0.3 is 0 Å². The minimum Gasteiger partial charge on any atom is -0.326 e. The molecule has 0 heterocycles. The van der Waals surface area contributed by atoms with Crippen LogP contribution in [-0.4, -0.2) is 38.6 Å². The first-order valence-electron chi connectivity index (χ1n) is 8.25. The number of amides is 2. The Morgan fingerprint density at radius 2 is 1.44 bits per heavy atom. The molecule has 2 aromatic carbocycles. The largest absolute Gasteiger partial charge is 0.326 e. The number of rotatable bonds is 5. The van der Waals surface area contributed by atoms with Crippen molar-refractivity contribution in [3.63, 3.8) is 0 Å². The summed E-state index contributed by atoms with van der Waals surface area (Å²) in [4.78, 5) is 23.8. The zero-order valence-electron chi connectivity index (χ0n) is 16.0. The molecule has 0 spiro atoms. The van der Waals surface area contributed by atoms with Crippen LogP contribution in [0.15, 0.2) is 41.3 Å². The Kier molecular flexibility index (Phi) is 6.02. The van der Waals surface area contributed by atoms with Crippen molar-refractivity contribution in [3.8, 4) is 0 Å². The van der Waals surface area contributed by atoms with Crippen LogP contribution >= 0.6 is 0 Å². The number of nitrogens with zero attached hydrogens (tertiary/aromatic N) is 1. The molecule has 0 aromatic heterocycles. The summed E-state index contributed by atoms with van der Waals surface area (Å²) >= 11 is 0. The van der Waals surface area contributed by atoms with Crippen molar-refractivity contribution in [2.24, 2.45) is 0 Å². The number of carbonyl (C=O) groups is 2. The van der Waals surface area contributed by atoms with Gasteiger partial charge in [-0.15, -0.1) is 0 Å². The lowest BCUT2D eigenvalue weighted by atomic mass is 10.1. The summed E-state index contributed by atoms with van der Waals surface area (Å²) < 4.78 is 26.2. The molecule has 0 aliphatic carbocycles. The van der Waals surface area contributed by atoms with Crippen LogP contribution in [0.3, 0.4) is 0 Å². The number of aryl methyl sites for hydroxylation is 1. The summed E-state index contributed by atoms with van der Waals surface area (Å²) in [6.45, 7) is 4.89. The van der Waals surface area contributed by atoms with E-state index in [-0.39, 0.29) is 16.4 Å². The molecular weight excluding hydrogens is 366 g/mol. The SMILES string of the molecule is CC(=O)Nc1ccc(NC(=O)c2cc(C)c(C)c(S(=O)(=O)N(C)C)c2)cc1. The van der Waals surface area contributed by atoms with E-state index < -0.39 is 15.9 Å². The van der Waals surface area contributed by atoms with Crippen molar-refractivity contribution in [1.29, 1.82) is 0 Å². The molecule has 0 bridgehead atoms. The summed E-state index contributed by atoms with van der Waals surface area (Å²) in [5.74, 6) is -0.600. The van der Waals surface area contributed by atoms with E-state index in [2.05, 4.69) is 10.6 Å². The number of anilines is 2. The third kappa shape index (κ3) is 4.72. The maximum Gasteiger partial charge on any atom is 0.255 e. The van der Waals surface area contributed by atoms with Crippen molar-refractivity contribution >= 4 is 33.2 Å². The van der Waals surface area contributed by atoms with E-state index in [0.29, 0.717) is 22.5 Å². The van der Waals surface area contributed by atoms with Gasteiger partial charge in [-0.2, -0.15) is 0 Å². The van der Waals surface area contributed by atoms with Crippen LogP contribution in [0.5, 0.6) is 0 Å². The highest BCUT2D eigenvalue weighted by Gasteiger charge is 2.23. The second-order valence-corrected chi connectivity index (χ2v) is 8.54. The first-order valence-corrected chi connectivity index (χ1v) is 9.69. The molecule has 0 atom stereocenters. The zero-order chi connectivity index (χ0) is 20.4. The number of sulfonamides is 1. The highest BCUT2D eigenvalue weighted by Crippen LogP contribution is 2.24. The van der Waals surface area contributed by atoms with Gasteiger partial charge in [0.1, 0.15) is 0 Å². The fourth-order valence-electron chi connectivity index (χ4n) is 2.47. The highest BCUT2D eigenvalue weighted by atomic mass is 32.2. The van der Waals surface area contributed by atoms with Crippen molar-refractivity contribution in [2.75, 3.05) is 24.7 Å². The van der Waals surface area contributed by atoms with E-state index in [1.807, 2.05) is 0 Å². The minimum atomic E-state index is -3.66. The number of benzene rings is 2. The van der Waals surface area contributed by atoms with Gasteiger partial charge in [0.05, 0.1) is 4.90 Å². The molecule has 0 aliphatic rings. The molecule has 0 unspecified atom stereocenters. The van der Waals surface area contributed by atoms with Gasteiger partial charge in [-0.1, -0.05) is 0 Å². The molecule has 2 N–H and O–H groups in total. The molecule has 8 heteroatoms. The maximum absolute atomic E-state index is 12.6. The van der Waals surface area contributed by atoms with Crippen LogP contribution < -0.4 is 10.6 Å². The lowest BCUT2D eigenvalue weighted by molar-refractivity contribution is -0.114. The summed E-state index contributed by atoms with van der Waals surface area (Å²) in [5.41, 5.74) is 2.73. The lowest BCUT2D eigenvalue weighted by Gasteiger charge is -2.16. The Morgan fingerprint density at radius 3 is 1.93 bits per heavy atom. The summed E-state index contributed by atoms with van der Waals surface area (Å²) in [5, 5.41) is 5.38. The molecule has 0 saturated heterocycles. The van der Waals surface area contributed by atoms with Gasteiger partial charge in [-0.25, -0.2) is 12.7 Å². The van der Waals surface area contributed by atoms with E-state index in [1.54, 1.807) is 44.2 Å². The Bertz CT molecular complexity index is 981. The number of nitrogens with one attached hydrogen (secondary N) is 2. The smallest absolute Gasteiger partial charge is 0.255 e. The maximum atomic E-state index is 12.6. The highest BCUT2D eigenvalue weighted by molar-refractivity contribution is 7.89. The standard InChI is InChI=1S/C19H23N3O4S/c1-12-10-15(11-18(13(12)2)27(25,26)22(4)5)19(24)21-17-8-6-16(7-9-17)20-14(3)23/h6-11H,1-5H3,(H,20,23)(H,21,24). The van der Waals surface area contributed by atoms with Crippen LogP contribution in [0, 0.1) is 13.8 Å². The van der Waals surface area contributed by atoms with E-state index >= 15 is 0 Å². The molecule has 0 radical (unpaired) electrons. The minimum absolute atomic E-state index is 0.110. The van der Waals surface area contributed by atoms with Crippen molar-refractivity contribution in [3.05, 3.63) is 53.1 Å². The third-order valence-corrected chi connectivity index (χ3v) is 6.04. The fraction of sp³-hybridized carbons (Fsp3) is 0.263. The van der Waals surface area contributed by atoms with Crippen LogP contribution in [0.4, 0.5) is 11.4 Å². The van der Waals surface area contributed by atoms with Gasteiger partial charge < -0.3 is 10.6 Å². The van der Waals surface area contributed by atoms with Crippen molar-refractivity contribution in [1.82, 2.24) is 4.31 Å². The first kappa shape index (κ1) is 20.6.